The third-order valence-corrected chi connectivity index (χ3v) is 2.99. The topological polar surface area (TPSA) is 64.1 Å². The van der Waals surface area contributed by atoms with Gasteiger partial charge >= 0.3 is 12.1 Å². The summed E-state index contributed by atoms with van der Waals surface area (Å²) >= 11 is 5.95. The summed E-state index contributed by atoms with van der Waals surface area (Å²) in [6.07, 6.45) is -3.98. The molecule has 122 valence electrons. The molecule has 9 heteroatoms. The molecule has 1 heterocycles. The number of hydrogen-bond acceptors (Lipinski definition) is 5. The van der Waals surface area contributed by atoms with Crippen LogP contribution in [0.25, 0.3) is 0 Å². The number of esters is 1. The van der Waals surface area contributed by atoms with E-state index in [1.165, 1.54) is 6.07 Å². The van der Waals surface area contributed by atoms with E-state index in [0.717, 1.165) is 6.20 Å². The molecule has 0 aliphatic rings. The van der Waals surface area contributed by atoms with Crippen molar-refractivity contribution >= 4 is 29.1 Å². The standard InChI is InChI=1S/C14H11ClF3N3O2/c1-2-23-12(22)8-7-19-13(14(16,17)18)21-11(8)20-10-6-4-3-5-9(10)15/h3-7H,2H2,1H3,(H,19,20,21). The summed E-state index contributed by atoms with van der Waals surface area (Å²) in [4.78, 5) is 18.4. The quantitative estimate of drug-likeness (QED) is 0.846. The number of halogens is 4. The second-order valence-corrected chi connectivity index (χ2v) is 4.69. The maximum absolute atomic E-state index is 12.8. The minimum atomic E-state index is -4.75. The van der Waals surface area contributed by atoms with Crippen molar-refractivity contribution in [2.75, 3.05) is 11.9 Å². The van der Waals surface area contributed by atoms with E-state index in [4.69, 9.17) is 16.3 Å². The number of carbonyl (C=O) groups excluding carboxylic acids is 1. The zero-order valence-corrected chi connectivity index (χ0v) is 12.6. The average molecular weight is 346 g/mol. The number of nitrogens with one attached hydrogen (secondary N) is 1. The van der Waals surface area contributed by atoms with E-state index < -0.39 is 18.0 Å². The van der Waals surface area contributed by atoms with Crippen molar-refractivity contribution in [1.82, 2.24) is 9.97 Å². The summed E-state index contributed by atoms with van der Waals surface area (Å²) < 4.78 is 43.1. The SMILES string of the molecule is CCOC(=O)c1cnc(C(F)(F)F)nc1Nc1ccccc1Cl. The molecular formula is C14H11ClF3N3O2. The monoisotopic (exact) mass is 345 g/mol. The van der Waals surface area contributed by atoms with Gasteiger partial charge in [-0.1, -0.05) is 23.7 Å². The molecule has 0 aliphatic heterocycles. The molecule has 0 atom stereocenters. The maximum atomic E-state index is 12.8. The fourth-order valence-electron chi connectivity index (χ4n) is 1.66. The number of carbonyl (C=O) groups is 1. The molecule has 23 heavy (non-hydrogen) atoms. The number of anilines is 2. The summed E-state index contributed by atoms with van der Waals surface area (Å²) in [5.41, 5.74) is 0.0753. The first-order chi connectivity index (χ1) is 10.8. The molecule has 0 saturated heterocycles. The first kappa shape index (κ1) is 17.0. The van der Waals surface area contributed by atoms with Gasteiger partial charge in [-0.3, -0.25) is 0 Å². The van der Waals surface area contributed by atoms with Gasteiger partial charge in [0, 0.05) is 6.20 Å². The van der Waals surface area contributed by atoms with Gasteiger partial charge in [-0.05, 0) is 19.1 Å². The highest BCUT2D eigenvalue weighted by Gasteiger charge is 2.36. The summed E-state index contributed by atoms with van der Waals surface area (Å²) in [5.74, 6) is -2.55. The lowest BCUT2D eigenvalue weighted by Crippen LogP contribution is -2.16. The molecule has 0 amide bonds. The molecule has 2 aromatic rings. The fourth-order valence-corrected chi connectivity index (χ4v) is 1.85. The minimum absolute atomic E-state index is 0.0609. The van der Waals surface area contributed by atoms with Gasteiger partial charge in [0.1, 0.15) is 11.4 Å². The Morgan fingerprint density at radius 3 is 2.65 bits per heavy atom. The Morgan fingerprint density at radius 1 is 1.35 bits per heavy atom. The molecule has 0 saturated carbocycles. The van der Waals surface area contributed by atoms with Crippen LogP contribution in [0.4, 0.5) is 24.7 Å². The van der Waals surface area contributed by atoms with Gasteiger partial charge in [0.15, 0.2) is 0 Å². The van der Waals surface area contributed by atoms with E-state index in [9.17, 15) is 18.0 Å². The highest BCUT2D eigenvalue weighted by atomic mass is 35.5. The van der Waals surface area contributed by atoms with Crippen molar-refractivity contribution in [2.24, 2.45) is 0 Å². The molecule has 0 spiro atoms. The van der Waals surface area contributed by atoms with Gasteiger partial charge in [0.25, 0.3) is 0 Å². The van der Waals surface area contributed by atoms with Crippen LogP contribution < -0.4 is 5.32 Å². The smallest absolute Gasteiger partial charge is 0.451 e. The predicted molar refractivity (Wildman–Crippen MR) is 77.7 cm³/mol. The van der Waals surface area contributed by atoms with E-state index in [1.54, 1.807) is 25.1 Å². The number of alkyl halides is 3. The third kappa shape index (κ3) is 4.10. The van der Waals surface area contributed by atoms with Crippen LogP contribution >= 0.6 is 11.6 Å². The molecule has 1 aromatic heterocycles. The van der Waals surface area contributed by atoms with Crippen LogP contribution in [0.5, 0.6) is 0 Å². The normalized spacial score (nSPS) is 11.2. The maximum Gasteiger partial charge on any atom is 0.451 e. The first-order valence-corrected chi connectivity index (χ1v) is 6.83. The number of benzene rings is 1. The van der Waals surface area contributed by atoms with Crippen LogP contribution in [0.1, 0.15) is 23.1 Å². The lowest BCUT2D eigenvalue weighted by atomic mass is 10.2. The van der Waals surface area contributed by atoms with Gasteiger partial charge in [-0.25, -0.2) is 14.8 Å². The van der Waals surface area contributed by atoms with E-state index in [0.29, 0.717) is 5.69 Å². The number of ether oxygens (including phenoxy) is 1. The fraction of sp³-hybridized carbons (Fsp3) is 0.214. The molecule has 5 nitrogen and oxygen atoms in total. The average Bonchev–Trinajstić information content (AvgIpc) is 2.49. The van der Waals surface area contributed by atoms with Crippen molar-refractivity contribution in [3.8, 4) is 0 Å². The predicted octanol–water partition coefficient (Wildman–Crippen LogP) is 4.07. The third-order valence-electron chi connectivity index (χ3n) is 2.66. The van der Waals surface area contributed by atoms with Crippen molar-refractivity contribution in [1.29, 1.82) is 0 Å². The Balaban J connectivity index is 2.48. The van der Waals surface area contributed by atoms with E-state index in [1.807, 2.05) is 0 Å². The van der Waals surface area contributed by atoms with Gasteiger partial charge in [0.05, 0.1) is 17.3 Å². The van der Waals surface area contributed by atoms with Crippen molar-refractivity contribution in [3.05, 3.63) is 46.9 Å². The van der Waals surface area contributed by atoms with Gasteiger partial charge in [0.2, 0.25) is 5.82 Å². The molecule has 0 radical (unpaired) electrons. The lowest BCUT2D eigenvalue weighted by molar-refractivity contribution is -0.144. The van der Waals surface area contributed by atoms with Crippen molar-refractivity contribution in [3.63, 3.8) is 0 Å². The number of rotatable bonds is 4. The highest BCUT2D eigenvalue weighted by Crippen LogP contribution is 2.30. The largest absolute Gasteiger partial charge is 0.462 e. The molecule has 0 fully saturated rings. The van der Waals surface area contributed by atoms with Crippen LogP contribution in [0.3, 0.4) is 0 Å². The van der Waals surface area contributed by atoms with E-state index >= 15 is 0 Å². The summed E-state index contributed by atoms with van der Waals surface area (Å²) in [5, 5.41) is 2.87. The van der Waals surface area contributed by atoms with Crippen LogP contribution in [0.2, 0.25) is 5.02 Å². The van der Waals surface area contributed by atoms with Crippen LogP contribution in [-0.2, 0) is 10.9 Å². The summed E-state index contributed by atoms with van der Waals surface area (Å²) in [7, 11) is 0. The molecule has 0 bridgehead atoms. The Bertz CT molecular complexity index is 723. The number of para-hydroxylation sites is 1. The second kappa shape index (κ2) is 6.82. The first-order valence-electron chi connectivity index (χ1n) is 6.46. The Hall–Kier alpha value is -2.35. The molecule has 1 aromatic carbocycles. The van der Waals surface area contributed by atoms with Crippen molar-refractivity contribution in [2.45, 2.75) is 13.1 Å². The Morgan fingerprint density at radius 2 is 2.04 bits per heavy atom. The highest BCUT2D eigenvalue weighted by molar-refractivity contribution is 6.33. The van der Waals surface area contributed by atoms with E-state index in [2.05, 4.69) is 15.3 Å². The van der Waals surface area contributed by atoms with Crippen LogP contribution in [0, 0.1) is 0 Å². The van der Waals surface area contributed by atoms with Gasteiger partial charge < -0.3 is 10.1 Å². The number of nitrogens with zero attached hydrogens (tertiary/aromatic N) is 2. The molecule has 0 aliphatic carbocycles. The van der Waals surface area contributed by atoms with Gasteiger partial charge in [-0.2, -0.15) is 13.2 Å². The number of aromatic nitrogens is 2. The lowest BCUT2D eigenvalue weighted by Gasteiger charge is -2.13. The van der Waals surface area contributed by atoms with Crippen LogP contribution in [0.15, 0.2) is 30.5 Å². The zero-order valence-electron chi connectivity index (χ0n) is 11.8. The zero-order chi connectivity index (χ0) is 17.0. The molecule has 2 rings (SSSR count). The number of hydrogen-bond donors (Lipinski definition) is 1. The van der Waals surface area contributed by atoms with Gasteiger partial charge in [-0.15, -0.1) is 0 Å². The molecule has 1 N–H and O–H groups in total. The second-order valence-electron chi connectivity index (χ2n) is 4.28. The molecular weight excluding hydrogens is 335 g/mol. The Labute approximate surface area is 134 Å². The van der Waals surface area contributed by atoms with E-state index in [-0.39, 0.29) is 23.0 Å². The van der Waals surface area contributed by atoms with Crippen molar-refractivity contribution < 1.29 is 22.7 Å². The minimum Gasteiger partial charge on any atom is -0.462 e. The molecule has 0 unspecified atom stereocenters. The summed E-state index contributed by atoms with van der Waals surface area (Å²) in [6, 6.07) is 6.36. The summed E-state index contributed by atoms with van der Waals surface area (Å²) in [6.45, 7) is 1.63. The Kier molecular flexibility index (Phi) is 5.05. The van der Waals surface area contributed by atoms with Crippen LogP contribution in [-0.4, -0.2) is 22.5 Å².